The van der Waals surface area contributed by atoms with Crippen molar-refractivity contribution in [3.05, 3.63) is 35.4 Å². The lowest BCUT2D eigenvalue weighted by Crippen LogP contribution is -2.36. The molecule has 1 heterocycles. The van der Waals surface area contributed by atoms with Crippen LogP contribution in [-0.2, 0) is 17.5 Å². The number of alkyl halides is 3. The Morgan fingerprint density at radius 3 is 2.53 bits per heavy atom. The van der Waals surface area contributed by atoms with E-state index in [1.54, 1.807) is 0 Å². The largest absolute Gasteiger partial charge is 0.416 e. The topological polar surface area (TPSA) is 32.7 Å². The van der Waals surface area contributed by atoms with Gasteiger partial charge < -0.3 is 0 Å². The van der Waals surface area contributed by atoms with Crippen LogP contribution >= 0.6 is 0 Å². The third-order valence-corrected chi connectivity index (χ3v) is 2.94. The summed E-state index contributed by atoms with van der Waals surface area (Å²) in [5, 5.41) is 0. The van der Waals surface area contributed by atoms with Crippen LogP contribution < -0.4 is 0 Å². The first-order valence-electron chi connectivity index (χ1n) is 5.86. The number of aliphatic imine (C=N–C) groups is 1. The molecular formula is C13H13F3N2O. The minimum absolute atomic E-state index is 0.449. The molecule has 0 saturated carbocycles. The first kappa shape index (κ1) is 13.7. The third kappa shape index (κ3) is 3.64. The van der Waals surface area contributed by atoms with Gasteiger partial charge in [-0.3, -0.25) is 14.7 Å². The van der Waals surface area contributed by atoms with Gasteiger partial charge in [0.15, 0.2) is 6.29 Å². The summed E-state index contributed by atoms with van der Waals surface area (Å²) >= 11 is 0. The third-order valence-electron chi connectivity index (χ3n) is 2.94. The van der Waals surface area contributed by atoms with E-state index in [-0.39, 0.29) is 0 Å². The molecule has 6 heteroatoms. The van der Waals surface area contributed by atoms with E-state index >= 15 is 0 Å². The molecule has 2 rings (SSSR count). The lowest BCUT2D eigenvalue weighted by atomic mass is 10.1. The molecule has 0 radical (unpaired) electrons. The normalized spacial score (nSPS) is 17.1. The number of carbonyl (C=O) groups excluding carboxylic acids is 1. The fraction of sp³-hybridized carbons (Fsp3) is 0.385. The average Bonchev–Trinajstić information content (AvgIpc) is 2.38. The van der Waals surface area contributed by atoms with Gasteiger partial charge in [0.25, 0.3) is 0 Å². The summed E-state index contributed by atoms with van der Waals surface area (Å²) in [7, 11) is 0. The summed E-state index contributed by atoms with van der Waals surface area (Å²) in [5.41, 5.74) is 0.628. The van der Waals surface area contributed by atoms with Gasteiger partial charge in [-0.2, -0.15) is 13.2 Å². The van der Waals surface area contributed by atoms with E-state index in [1.807, 2.05) is 4.90 Å². The number of hydrogen-bond acceptors (Lipinski definition) is 3. The Hall–Kier alpha value is -1.69. The fourth-order valence-corrected chi connectivity index (χ4v) is 1.96. The van der Waals surface area contributed by atoms with Crippen LogP contribution in [0, 0.1) is 0 Å². The monoisotopic (exact) mass is 270 g/mol. The molecule has 0 bridgehead atoms. The Morgan fingerprint density at radius 2 is 1.95 bits per heavy atom. The van der Waals surface area contributed by atoms with Crippen LogP contribution in [0.2, 0.25) is 0 Å². The van der Waals surface area contributed by atoms with E-state index in [9.17, 15) is 18.0 Å². The summed E-state index contributed by atoms with van der Waals surface area (Å²) in [6, 6.07) is 5.09. The molecule has 0 amide bonds. The van der Waals surface area contributed by atoms with E-state index < -0.39 is 11.7 Å². The second-order valence-electron chi connectivity index (χ2n) is 4.40. The molecule has 1 aromatic carbocycles. The lowest BCUT2D eigenvalue weighted by Gasteiger charge is -2.24. The Bertz CT molecular complexity index is 480. The molecular weight excluding hydrogens is 257 g/mol. The van der Waals surface area contributed by atoms with E-state index in [2.05, 4.69) is 4.99 Å². The zero-order chi connectivity index (χ0) is 13.9. The first-order valence-corrected chi connectivity index (χ1v) is 5.86. The summed E-state index contributed by atoms with van der Waals surface area (Å²) in [6.45, 7) is 2.22. The first-order chi connectivity index (χ1) is 8.99. The van der Waals surface area contributed by atoms with Gasteiger partial charge in [-0.1, -0.05) is 12.1 Å². The molecule has 0 spiro atoms. The molecule has 0 fully saturated rings. The van der Waals surface area contributed by atoms with Crippen molar-refractivity contribution in [1.29, 1.82) is 0 Å². The highest BCUT2D eigenvalue weighted by Crippen LogP contribution is 2.29. The summed E-state index contributed by atoms with van der Waals surface area (Å²) in [4.78, 5) is 16.7. The Balaban J connectivity index is 2.00. The maximum Gasteiger partial charge on any atom is 0.416 e. The second-order valence-corrected chi connectivity index (χ2v) is 4.40. The zero-order valence-corrected chi connectivity index (χ0v) is 10.2. The quantitative estimate of drug-likeness (QED) is 0.788. The van der Waals surface area contributed by atoms with E-state index in [0.717, 1.165) is 24.0 Å². The number of halogens is 3. The minimum Gasteiger partial charge on any atom is -0.296 e. The van der Waals surface area contributed by atoms with E-state index in [0.29, 0.717) is 31.9 Å². The van der Waals surface area contributed by atoms with Crippen LogP contribution in [0.25, 0.3) is 0 Å². The number of benzene rings is 1. The molecule has 0 aliphatic carbocycles. The standard InChI is InChI=1S/C13H13F3N2O/c14-13(15,16)11-3-1-10(2-4-11)7-18-6-5-17-12(8-18)9-19/h1-4,9H,5-8H2. The number of nitrogens with zero attached hydrogens (tertiary/aromatic N) is 2. The van der Waals surface area contributed by atoms with Crippen molar-refractivity contribution in [2.45, 2.75) is 12.7 Å². The summed E-state index contributed by atoms with van der Waals surface area (Å²) in [6.07, 6.45) is -3.58. The zero-order valence-electron chi connectivity index (χ0n) is 10.2. The van der Waals surface area contributed by atoms with Gasteiger partial charge in [0.2, 0.25) is 0 Å². The molecule has 102 valence electrons. The van der Waals surface area contributed by atoms with Gasteiger partial charge >= 0.3 is 6.18 Å². The van der Waals surface area contributed by atoms with Gasteiger partial charge in [0, 0.05) is 19.6 Å². The molecule has 0 N–H and O–H groups in total. The molecule has 1 aromatic rings. The summed E-state index contributed by atoms with van der Waals surface area (Å²) < 4.78 is 37.2. The highest BCUT2D eigenvalue weighted by atomic mass is 19.4. The van der Waals surface area contributed by atoms with Crippen LogP contribution in [-0.4, -0.2) is 36.5 Å². The van der Waals surface area contributed by atoms with Crippen LogP contribution in [0.15, 0.2) is 29.3 Å². The van der Waals surface area contributed by atoms with E-state index in [1.165, 1.54) is 12.1 Å². The number of rotatable bonds is 3. The number of aldehydes is 1. The van der Waals surface area contributed by atoms with Crippen LogP contribution in [0.1, 0.15) is 11.1 Å². The van der Waals surface area contributed by atoms with Crippen LogP contribution in [0.3, 0.4) is 0 Å². The molecule has 0 atom stereocenters. The SMILES string of the molecule is O=CC1=NCCN(Cc2ccc(C(F)(F)F)cc2)C1. The molecule has 3 nitrogen and oxygen atoms in total. The van der Waals surface area contributed by atoms with Crippen molar-refractivity contribution in [2.24, 2.45) is 4.99 Å². The second kappa shape index (κ2) is 5.52. The number of carbonyl (C=O) groups is 1. The van der Waals surface area contributed by atoms with Crippen molar-refractivity contribution in [2.75, 3.05) is 19.6 Å². The minimum atomic E-state index is -4.30. The molecule has 0 unspecified atom stereocenters. The predicted molar refractivity (Wildman–Crippen MR) is 65.1 cm³/mol. The molecule has 1 aliphatic rings. The van der Waals surface area contributed by atoms with Crippen LogP contribution in [0.4, 0.5) is 13.2 Å². The van der Waals surface area contributed by atoms with Crippen molar-refractivity contribution in [3.8, 4) is 0 Å². The maximum absolute atomic E-state index is 12.4. The van der Waals surface area contributed by atoms with Gasteiger partial charge in [-0.05, 0) is 17.7 Å². The van der Waals surface area contributed by atoms with E-state index in [4.69, 9.17) is 0 Å². The maximum atomic E-state index is 12.4. The Kier molecular flexibility index (Phi) is 3.99. The van der Waals surface area contributed by atoms with Gasteiger partial charge in [0.05, 0.1) is 17.8 Å². The van der Waals surface area contributed by atoms with Crippen molar-refractivity contribution < 1.29 is 18.0 Å². The Morgan fingerprint density at radius 1 is 1.26 bits per heavy atom. The smallest absolute Gasteiger partial charge is 0.296 e. The average molecular weight is 270 g/mol. The van der Waals surface area contributed by atoms with Gasteiger partial charge in [0.1, 0.15) is 0 Å². The molecule has 19 heavy (non-hydrogen) atoms. The fourth-order valence-electron chi connectivity index (χ4n) is 1.96. The lowest BCUT2D eigenvalue weighted by molar-refractivity contribution is -0.137. The van der Waals surface area contributed by atoms with Gasteiger partial charge in [-0.15, -0.1) is 0 Å². The Labute approximate surface area is 108 Å². The highest BCUT2D eigenvalue weighted by Gasteiger charge is 2.30. The van der Waals surface area contributed by atoms with Crippen molar-refractivity contribution in [1.82, 2.24) is 4.90 Å². The van der Waals surface area contributed by atoms with Crippen LogP contribution in [0.5, 0.6) is 0 Å². The molecule has 0 saturated heterocycles. The summed E-state index contributed by atoms with van der Waals surface area (Å²) in [5.74, 6) is 0. The van der Waals surface area contributed by atoms with Gasteiger partial charge in [-0.25, -0.2) is 0 Å². The number of hydrogen-bond donors (Lipinski definition) is 0. The predicted octanol–water partition coefficient (Wildman–Crippen LogP) is 2.16. The van der Waals surface area contributed by atoms with Crippen molar-refractivity contribution >= 4 is 12.0 Å². The molecule has 0 aromatic heterocycles. The molecule has 1 aliphatic heterocycles. The highest BCUT2D eigenvalue weighted by molar-refractivity contribution is 6.29. The van der Waals surface area contributed by atoms with Crippen molar-refractivity contribution in [3.63, 3.8) is 0 Å².